The maximum atomic E-state index is 11.9. The Morgan fingerprint density at radius 3 is 2.82 bits per heavy atom. The normalized spacial score (nSPS) is 14.4. The molecule has 1 aromatic rings. The third-order valence-corrected chi connectivity index (χ3v) is 3.70. The standard InChI is InChI=1S/C11H14BrN3O2/c1-13-11(17)15-4-3-7-8(5-15)9(12)6-14(2)10(7)16/h6H,3-5H2,1-2H3,(H,13,17). The van der Waals surface area contributed by atoms with Crippen molar-refractivity contribution in [1.82, 2.24) is 14.8 Å². The van der Waals surface area contributed by atoms with Crippen LogP contribution in [0.2, 0.25) is 0 Å². The Morgan fingerprint density at radius 1 is 1.47 bits per heavy atom. The fourth-order valence-corrected chi connectivity index (χ4v) is 2.74. The van der Waals surface area contributed by atoms with Gasteiger partial charge in [-0.2, -0.15) is 0 Å². The highest BCUT2D eigenvalue weighted by molar-refractivity contribution is 9.10. The van der Waals surface area contributed by atoms with E-state index >= 15 is 0 Å². The minimum atomic E-state index is -0.108. The largest absolute Gasteiger partial charge is 0.341 e. The van der Waals surface area contributed by atoms with Crippen LogP contribution in [0.25, 0.3) is 0 Å². The van der Waals surface area contributed by atoms with Crippen LogP contribution in [0.1, 0.15) is 11.1 Å². The molecule has 0 fully saturated rings. The third kappa shape index (κ3) is 2.09. The maximum absolute atomic E-state index is 11.9. The molecule has 0 unspecified atom stereocenters. The first-order valence-electron chi connectivity index (χ1n) is 5.38. The summed E-state index contributed by atoms with van der Waals surface area (Å²) in [5.41, 5.74) is 1.75. The molecule has 0 atom stereocenters. The zero-order valence-corrected chi connectivity index (χ0v) is 11.4. The second kappa shape index (κ2) is 4.52. The molecular formula is C11H14BrN3O2. The van der Waals surface area contributed by atoms with Crippen LogP contribution in [0.15, 0.2) is 15.5 Å². The van der Waals surface area contributed by atoms with E-state index in [1.54, 1.807) is 29.8 Å². The number of aryl methyl sites for hydroxylation is 1. The number of hydrogen-bond acceptors (Lipinski definition) is 2. The van der Waals surface area contributed by atoms with Gasteiger partial charge in [0, 0.05) is 43.4 Å². The molecule has 2 heterocycles. The molecule has 0 spiro atoms. The number of hydrogen-bond donors (Lipinski definition) is 1. The lowest BCUT2D eigenvalue weighted by molar-refractivity contribution is 0.194. The van der Waals surface area contributed by atoms with Gasteiger partial charge in [-0.25, -0.2) is 4.79 Å². The average molecular weight is 300 g/mol. The van der Waals surface area contributed by atoms with Crippen molar-refractivity contribution in [2.75, 3.05) is 13.6 Å². The van der Waals surface area contributed by atoms with E-state index in [-0.39, 0.29) is 11.6 Å². The van der Waals surface area contributed by atoms with Gasteiger partial charge in [0.15, 0.2) is 0 Å². The Hall–Kier alpha value is -1.30. The average Bonchev–Trinajstić information content (AvgIpc) is 2.34. The molecule has 1 aliphatic rings. The quantitative estimate of drug-likeness (QED) is 0.772. The second-order valence-corrected chi connectivity index (χ2v) is 4.93. The molecule has 92 valence electrons. The SMILES string of the molecule is CNC(=O)N1CCc2c(c(Br)cn(C)c2=O)C1. The number of carbonyl (C=O) groups excluding carboxylic acids is 1. The number of nitrogens with zero attached hydrogens (tertiary/aromatic N) is 2. The van der Waals surface area contributed by atoms with Crippen molar-refractivity contribution in [2.45, 2.75) is 13.0 Å². The van der Waals surface area contributed by atoms with E-state index in [1.807, 2.05) is 0 Å². The van der Waals surface area contributed by atoms with Crippen molar-refractivity contribution in [3.63, 3.8) is 0 Å². The summed E-state index contributed by atoms with van der Waals surface area (Å²) in [5.74, 6) is 0. The predicted molar refractivity (Wildman–Crippen MR) is 68.0 cm³/mol. The Morgan fingerprint density at radius 2 is 2.18 bits per heavy atom. The van der Waals surface area contributed by atoms with Crippen LogP contribution in [0.5, 0.6) is 0 Å². The first kappa shape index (κ1) is 12.2. The second-order valence-electron chi connectivity index (χ2n) is 4.08. The van der Waals surface area contributed by atoms with Crippen LogP contribution in [0.3, 0.4) is 0 Å². The summed E-state index contributed by atoms with van der Waals surface area (Å²) in [4.78, 5) is 25.2. The molecule has 0 aliphatic carbocycles. The minimum absolute atomic E-state index is 0.0276. The zero-order chi connectivity index (χ0) is 12.6. The van der Waals surface area contributed by atoms with Gasteiger partial charge in [0.05, 0.1) is 0 Å². The molecule has 1 N–H and O–H groups in total. The summed E-state index contributed by atoms with van der Waals surface area (Å²) in [6, 6.07) is -0.108. The zero-order valence-electron chi connectivity index (χ0n) is 9.79. The molecule has 2 amide bonds. The molecule has 17 heavy (non-hydrogen) atoms. The Bertz CT molecular complexity index is 524. The van der Waals surface area contributed by atoms with Crippen LogP contribution in [-0.2, 0) is 20.0 Å². The highest BCUT2D eigenvalue weighted by Crippen LogP contribution is 2.23. The van der Waals surface area contributed by atoms with Gasteiger partial charge in [0.1, 0.15) is 0 Å². The Labute approximate surface area is 108 Å². The van der Waals surface area contributed by atoms with Crippen molar-refractivity contribution in [3.8, 4) is 0 Å². The highest BCUT2D eigenvalue weighted by atomic mass is 79.9. The number of halogens is 1. The van der Waals surface area contributed by atoms with Gasteiger partial charge >= 0.3 is 6.03 Å². The smallest absolute Gasteiger partial charge is 0.317 e. The molecule has 2 rings (SSSR count). The summed E-state index contributed by atoms with van der Waals surface area (Å²) >= 11 is 3.45. The van der Waals surface area contributed by atoms with Crippen LogP contribution in [-0.4, -0.2) is 29.1 Å². The van der Waals surface area contributed by atoms with Crippen molar-refractivity contribution in [2.24, 2.45) is 7.05 Å². The lowest BCUT2D eigenvalue weighted by atomic mass is 10.0. The van der Waals surface area contributed by atoms with Crippen molar-refractivity contribution < 1.29 is 4.79 Å². The van der Waals surface area contributed by atoms with E-state index in [0.29, 0.717) is 19.5 Å². The van der Waals surface area contributed by atoms with Gasteiger partial charge in [-0.3, -0.25) is 4.79 Å². The van der Waals surface area contributed by atoms with E-state index in [4.69, 9.17) is 0 Å². The first-order valence-corrected chi connectivity index (χ1v) is 6.17. The molecule has 0 saturated heterocycles. The summed E-state index contributed by atoms with van der Waals surface area (Å²) in [7, 11) is 3.34. The Balaban J connectivity index is 2.42. The van der Waals surface area contributed by atoms with Crippen LogP contribution < -0.4 is 10.9 Å². The van der Waals surface area contributed by atoms with Gasteiger partial charge < -0.3 is 14.8 Å². The number of pyridine rings is 1. The van der Waals surface area contributed by atoms with Crippen molar-refractivity contribution in [3.05, 3.63) is 32.2 Å². The third-order valence-electron chi connectivity index (χ3n) is 3.02. The van der Waals surface area contributed by atoms with Gasteiger partial charge in [0.25, 0.3) is 5.56 Å². The molecule has 6 heteroatoms. The van der Waals surface area contributed by atoms with Crippen LogP contribution in [0, 0.1) is 0 Å². The van der Waals surface area contributed by atoms with Crippen molar-refractivity contribution in [1.29, 1.82) is 0 Å². The van der Waals surface area contributed by atoms with E-state index < -0.39 is 0 Å². The minimum Gasteiger partial charge on any atom is -0.341 e. The lowest BCUT2D eigenvalue weighted by Gasteiger charge is -2.29. The highest BCUT2D eigenvalue weighted by Gasteiger charge is 2.24. The predicted octanol–water partition coefficient (Wildman–Crippen LogP) is 0.845. The fraction of sp³-hybridized carbons (Fsp3) is 0.455. The summed E-state index contributed by atoms with van der Waals surface area (Å²) < 4.78 is 2.45. The fourth-order valence-electron chi connectivity index (χ4n) is 2.07. The lowest BCUT2D eigenvalue weighted by Crippen LogP contribution is -2.43. The van der Waals surface area contributed by atoms with Crippen LogP contribution >= 0.6 is 15.9 Å². The summed E-state index contributed by atoms with van der Waals surface area (Å²) in [6.07, 6.45) is 2.35. The number of nitrogens with one attached hydrogen (secondary N) is 1. The molecular weight excluding hydrogens is 286 g/mol. The maximum Gasteiger partial charge on any atom is 0.317 e. The van der Waals surface area contributed by atoms with Gasteiger partial charge in [0.2, 0.25) is 0 Å². The number of amides is 2. The summed E-state index contributed by atoms with van der Waals surface area (Å²) in [6.45, 7) is 1.06. The van der Waals surface area contributed by atoms with Crippen molar-refractivity contribution >= 4 is 22.0 Å². The molecule has 1 aromatic heterocycles. The molecule has 0 aromatic carbocycles. The molecule has 1 aliphatic heterocycles. The monoisotopic (exact) mass is 299 g/mol. The van der Waals surface area contributed by atoms with E-state index in [9.17, 15) is 9.59 Å². The number of fused-ring (bicyclic) bond motifs is 1. The number of rotatable bonds is 0. The summed E-state index contributed by atoms with van der Waals surface area (Å²) in [5, 5.41) is 2.60. The number of carbonyl (C=O) groups is 1. The number of urea groups is 1. The molecule has 0 bridgehead atoms. The first-order chi connectivity index (χ1) is 8.04. The molecule has 0 saturated carbocycles. The van der Waals surface area contributed by atoms with Gasteiger partial charge in [-0.05, 0) is 27.9 Å². The van der Waals surface area contributed by atoms with E-state index in [0.717, 1.165) is 15.6 Å². The van der Waals surface area contributed by atoms with E-state index in [2.05, 4.69) is 21.2 Å². The number of aromatic nitrogens is 1. The van der Waals surface area contributed by atoms with E-state index in [1.165, 1.54) is 0 Å². The van der Waals surface area contributed by atoms with Gasteiger partial charge in [-0.1, -0.05) is 0 Å². The van der Waals surface area contributed by atoms with Gasteiger partial charge in [-0.15, -0.1) is 0 Å². The Kier molecular flexibility index (Phi) is 3.24. The van der Waals surface area contributed by atoms with Crippen LogP contribution in [0.4, 0.5) is 4.79 Å². The molecule has 5 nitrogen and oxygen atoms in total. The molecule has 0 radical (unpaired) electrons. The topological polar surface area (TPSA) is 54.3 Å².